The van der Waals surface area contributed by atoms with Crippen molar-refractivity contribution in [2.24, 2.45) is 0 Å². The van der Waals surface area contributed by atoms with E-state index in [1.54, 1.807) is 12.1 Å². The van der Waals surface area contributed by atoms with Gasteiger partial charge in [0.05, 0.1) is 17.7 Å². The van der Waals surface area contributed by atoms with Crippen LogP contribution < -0.4 is 5.32 Å². The van der Waals surface area contributed by atoms with Gasteiger partial charge in [-0.3, -0.25) is 14.8 Å². The smallest absolute Gasteiger partial charge is 0.269 e. The highest BCUT2D eigenvalue weighted by atomic mass is 16.6. The number of aromatic nitrogens is 2. The van der Waals surface area contributed by atoms with Crippen molar-refractivity contribution in [1.82, 2.24) is 15.1 Å². The lowest BCUT2D eigenvalue weighted by Crippen LogP contribution is -2.11. The molecule has 2 aromatic rings. The molecule has 100 valence electrons. The van der Waals surface area contributed by atoms with Crippen molar-refractivity contribution >= 4 is 5.69 Å². The molecule has 6 nitrogen and oxygen atoms in total. The average Bonchev–Trinajstić information content (AvgIpc) is 2.84. The molecule has 2 rings (SSSR count). The molecule has 1 aromatic carbocycles. The molecule has 0 aliphatic carbocycles. The number of benzene rings is 1. The third-order valence-corrected chi connectivity index (χ3v) is 2.76. The molecule has 1 heterocycles. The molecular weight excluding hydrogens is 244 g/mol. The second-order valence-electron chi connectivity index (χ2n) is 4.25. The van der Waals surface area contributed by atoms with Crippen LogP contribution in [0.5, 0.6) is 0 Å². The van der Waals surface area contributed by atoms with E-state index < -0.39 is 4.92 Å². The molecular formula is C13H16N4O2. The minimum Gasteiger partial charge on any atom is -0.313 e. The second kappa shape index (κ2) is 6.10. The van der Waals surface area contributed by atoms with Crippen LogP contribution in [-0.4, -0.2) is 21.2 Å². The molecule has 0 atom stereocenters. The summed E-state index contributed by atoms with van der Waals surface area (Å²) < 4.78 is 1.83. The monoisotopic (exact) mass is 260 g/mol. The lowest BCUT2D eigenvalue weighted by Gasteiger charge is -2.01. The Morgan fingerprint density at radius 2 is 2.05 bits per heavy atom. The molecule has 0 fully saturated rings. The summed E-state index contributed by atoms with van der Waals surface area (Å²) in [5, 5.41) is 18.1. The normalized spacial score (nSPS) is 10.6. The van der Waals surface area contributed by atoms with Crippen LogP contribution in [0.1, 0.15) is 18.1 Å². The van der Waals surface area contributed by atoms with Gasteiger partial charge in [0.1, 0.15) is 0 Å². The summed E-state index contributed by atoms with van der Waals surface area (Å²) in [5.41, 5.74) is 2.23. The van der Waals surface area contributed by atoms with E-state index in [-0.39, 0.29) is 5.69 Å². The first-order valence-corrected chi connectivity index (χ1v) is 6.14. The lowest BCUT2D eigenvalue weighted by atomic mass is 10.2. The van der Waals surface area contributed by atoms with Gasteiger partial charge in [0.25, 0.3) is 5.69 Å². The number of rotatable bonds is 6. The largest absolute Gasteiger partial charge is 0.313 e. The first-order valence-electron chi connectivity index (χ1n) is 6.14. The molecule has 6 heteroatoms. The Bertz CT molecular complexity index is 548. The minimum absolute atomic E-state index is 0.108. The molecule has 0 aliphatic rings. The summed E-state index contributed by atoms with van der Waals surface area (Å²) in [6, 6.07) is 6.53. The summed E-state index contributed by atoms with van der Waals surface area (Å²) in [5.74, 6) is 0. The van der Waals surface area contributed by atoms with Crippen molar-refractivity contribution in [2.45, 2.75) is 20.0 Å². The van der Waals surface area contributed by atoms with Gasteiger partial charge in [-0.05, 0) is 12.1 Å². The van der Waals surface area contributed by atoms with Crippen LogP contribution in [0.25, 0.3) is 0 Å². The zero-order valence-electron chi connectivity index (χ0n) is 10.7. The first-order chi connectivity index (χ1) is 9.19. The molecule has 0 saturated carbocycles. The number of hydrogen-bond donors (Lipinski definition) is 1. The van der Waals surface area contributed by atoms with Gasteiger partial charge in [-0.2, -0.15) is 5.10 Å². The molecule has 1 aromatic heterocycles. The van der Waals surface area contributed by atoms with E-state index in [9.17, 15) is 10.1 Å². The van der Waals surface area contributed by atoms with E-state index in [0.717, 1.165) is 24.2 Å². The molecule has 0 spiro atoms. The molecule has 0 amide bonds. The van der Waals surface area contributed by atoms with Gasteiger partial charge < -0.3 is 5.32 Å². The zero-order valence-corrected chi connectivity index (χ0v) is 10.7. The molecule has 0 unspecified atom stereocenters. The Morgan fingerprint density at radius 3 is 2.68 bits per heavy atom. The second-order valence-corrected chi connectivity index (χ2v) is 4.25. The molecule has 0 aliphatic heterocycles. The Morgan fingerprint density at radius 1 is 1.32 bits per heavy atom. The third kappa shape index (κ3) is 3.62. The first kappa shape index (κ1) is 13.2. The fourth-order valence-electron chi connectivity index (χ4n) is 1.76. The maximum atomic E-state index is 10.6. The van der Waals surface area contributed by atoms with Crippen molar-refractivity contribution < 1.29 is 4.92 Å². The van der Waals surface area contributed by atoms with Crippen molar-refractivity contribution in [3.8, 4) is 0 Å². The SMILES string of the molecule is CCNCc1cnn(Cc2ccc([N+](=O)[O-])cc2)c1. The number of nitro benzene ring substituents is 1. The maximum absolute atomic E-state index is 10.6. The average molecular weight is 260 g/mol. The fourth-order valence-corrected chi connectivity index (χ4v) is 1.76. The van der Waals surface area contributed by atoms with Crippen LogP contribution in [0, 0.1) is 10.1 Å². The summed E-state index contributed by atoms with van der Waals surface area (Å²) in [6.45, 7) is 4.40. The van der Waals surface area contributed by atoms with E-state index in [0.29, 0.717) is 6.54 Å². The Hall–Kier alpha value is -2.21. The van der Waals surface area contributed by atoms with Gasteiger partial charge in [0.2, 0.25) is 0 Å². The summed E-state index contributed by atoms with van der Waals surface area (Å²) >= 11 is 0. The Kier molecular flexibility index (Phi) is 4.25. The Balaban J connectivity index is 2.00. The summed E-state index contributed by atoms with van der Waals surface area (Å²) in [4.78, 5) is 10.2. The van der Waals surface area contributed by atoms with E-state index in [1.165, 1.54) is 12.1 Å². The zero-order chi connectivity index (χ0) is 13.7. The molecule has 0 radical (unpaired) electrons. The molecule has 0 saturated heterocycles. The maximum Gasteiger partial charge on any atom is 0.269 e. The number of nitro groups is 1. The van der Waals surface area contributed by atoms with Crippen molar-refractivity contribution in [2.75, 3.05) is 6.54 Å². The summed E-state index contributed by atoms with van der Waals surface area (Å²) in [7, 11) is 0. The van der Waals surface area contributed by atoms with Crippen LogP contribution in [0.4, 0.5) is 5.69 Å². The minimum atomic E-state index is -0.397. The predicted octanol–water partition coefficient (Wildman–Crippen LogP) is 1.95. The number of non-ortho nitro benzene ring substituents is 1. The van der Waals surface area contributed by atoms with Crippen molar-refractivity contribution in [3.05, 3.63) is 57.9 Å². The highest BCUT2D eigenvalue weighted by Gasteiger charge is 2.05. The lowest BCUT2D eigenvalue weighted by molar-refractivity contribution is -0.384. The van der Waals surface area contributed by atoms with E-state index in [4.69, 9.17) is 0 Å². The van der Waals surface area contributed by atoms with Crippen LogP contribution >= 0.6 is 0 Å². The molecule has 1 N–H and O–H groups in total. The number of nitrogens with zero attached hydrogens (tertiary/aromatic N) is 3. The predicted molar refractivity (Wildman–Crippen MR) is 71.8 cm³/mol. The van der Waals surface area contributed by atoms with E-state index in [1.807, 2.05) is 17.1 Å². The summed E-state index contributed by atoms with van der Waals surface area (Å²) in [6.07, 6.45) is 3.80. The molecule has 0 bridgehead atoms. The van der Waals surface area contributed by atoms with Gasteiger partial charge in [0.15, 0.2) is 0 Å². The standard InChI is InChI=1S/C13H16N4O2/c1-2-14-7-12-8-15-16(10-12)9-11-3-5-13(6-4-11)17(18)19/h3-6,8,10,14H,2,7,9H2,1H3. The fraction of sp³-hybridized carbons (Fsp3) is 0.308. The van der Waals surface area contributed by atoms with Gasteiger partial charge in [-0.1, -0.05) is 19.1 Å². The van der Waals surface area contributed by atoms with Crippen LogP contribution in [0.2, 0.25) is 0 Å². The highest BCUT2D eigenvalue weighted by molar-refractivity contribution is 5.32. The van der Waals surface area contributed by atoms with Crippen molar-refractivity contribution in [3.63, 3.8) is 0 Å². The quantitative estimate of drug-likeness (QED) is 0.636. The van der Waals surface area contributed by atoms with Crippen LogP contribution in [0.15, 0.2) is 36.7 Å². The number of nitrogens with one attached hydrogen (secondary N) is 1. The number of hydrogen-bond acceptors (Lipinski definition) is 4. The van der Waals surface area contributed by atoms with Crippen LogP contribution in [-0.2, 0) is 13.1 Å². The van der Waals surface area contributed by atoms with Gasteiger partial charge >= 0.3 is 0 Å². The third-order valence-electron chi connectivity index (χ3n) is 2.76. The van der Waals surface area contributed by atoms with Gasteiger partial charge in [-0.25, -0.2) is 0 Å². The van der Waals surface area contributed by atoms with Crippen molar-refractivity contribution in [1.29, 1.82) is 0 Å². The van der Waals surface area contributed by atoms with E-state index >= 15 is 0 Å². The highest BCUT2D eigenvalue weighted by Crippen LogP contribution is 2.12. The topological polar surface area (TPSA) is 73.0 Å². The van der Waals surface area contributed by atoms with Gasteiger partial charge in [-0.15, -0.1) is 0 Å². The van der Waals surface area contributed by atoms with Crippen LogP contribution in [0.3, 0.4) is 0 Å². The Labute approximate surface area is 111 Å². The molecule has 19 heavy (non-hydrogen) atoms. The van der Waals surface area contributed by atoms with Gasteiger partial charge in [0, 0.05) is 30.4 Å². The van der Waals surface area contributed by atoms with E-state index in [2.05, 4.69) is 17.3 Å².